The first-order valence-electron chi connectivity index (χ1n) is 4.89. The summed E-state index contributed by atoms with van der Waals surface area (Å²) in [5.41, 5.74) is 0.220. The number of alkyl halides is 3. The lowest BCUT2D eigenvalue weighted by Crippen LogP contribution is -2.04. The van der Waals surface area contributed by atoms with E-state index >= 15 is 0 Å². The first kappa shape index (κ1) is 10.1. The summed E-state index contributed by atoms with van der Waals surface area (Å²) in [6, 6.07) is 5.10. The van der Waals surface area contributed by atoms with Crippen LogP contribution in [0.3, 0.4) is 0 Å². The summed E-state index contributed by atoms with van der Waals surface area (Å²) < 4.78 is 43.0. The van der Waals surface area contributed by atoms with Crippen molar-refractivity contribution in [3.8, 4) is 0 Å². The van der Waals surface area contributed by atoms with Crippen molar-refractivity contribution in [3.05, 3.63) is 42.3 Å². The van der Waals surface area contributed by atoms with Gasteiger partial charge in [-0.1, -0.05) is 0 Å². The van der Waals surface area contributed by atoms with Gasteiger partial charge in [0, 0.05) is 17.0 Å². The molecule has 0 unspecified atom stereocenters. The molecule has 0 saturated carbocycles. The van der Waals surface area contributed by atoms with Gasteiger partial charge >= 0.3 is 6.18 Å². The van der Waals surface area contributed by atoms with Crippen LogP contribution in [0.1, 0.15) is 5.56 Å². The van der Waals surface area contributed by atoms with Crippen LogP contribution in [0.4, 0.5) is 13.2 Å². The molecular weight excluding hydrogens is 231 g/mol. The summed E-state index contributed by atoms with van der Waals surface area (Å²) in [5.74, 6) is 0. The lowest BCUT2D eigenvalue weighted by molar-refractivity contribution is -0.137. The van der Waals surface area contributed by atoms with Gasteiger partial charge in [0.15, 0.2) is 0 Å². The second-order valence-electron chi connectivity index (χ2n) is 3.69. The highest BCUT2D eigenvalue weighted by Crippen LogP contribution is 2.33. The average molecular weight is 237 g/mol. The number of hydrogen-bond donors (Lipinski definition) is 0. The van der Waals surface area contributed by atoms with E-state index in [9.17, 15) is 13.2 Å². The van der Waals surface area contributed by atoms with Crippen LogP contribution in [-0.4, -0.2) is 4.98 Å². The highest BCUT2D eigenvalue weighted by molar-refractivity contribution is 6.02. The van der Waals surface area contributed by atoms with Gasteiger partial charge in [0.1, 0.15) is 5.58 Å². The fourth-order valence-corrected chi connectivity index (χ4v) is 1.79. The highest BCUT2D eigenvalue weighted by Gasteiger charge is 2.30. The van der Waals surface area contributed by atoms with E-state index in [0.29, 0.717) is 21.9 Å². The first-order chi connectivity index (χ1) is 8.05. The number of hydrogen-bond acceptors (Lipinski definition) is 2. The van der Waals surface area contributed by atoms with Crippen LogP contribution in [0.25, 0.3) is 21.9 Å². The Kier molecular flexibility index (Phi) is 1.92. The largest absolute Gasteiger partial charge is 0.464 e. The molecule has 0 bridgehead atoms. The molecular formula is C12H6F3NO. The van der Waals surface area contributed by atoms with Crippen molar-refractivity contribution in [2.45, 2.75) is 6.18 Å². The van der Waals surface area contributed by atoms with Gasteiger partial charge in [0.05, 0.1) is 17.3 Å². The lowest BCUT2D eigenvalue weighted by atomic mass is 10.1. The van der Waals surface area contributed by atoms with E-state index in [1.54, 1.807) is 12.3 Å². The lowest BCUT2D eigenvalue weighted by Gasteiger charge is -2.07. The number of aromatic nitrogens is 1. The quantitative estimate of drug-likeness (QED) is 0.590. The number of halogens is 3. The van der Waals surface area contributed by atoms with Crippen molar-refractivity contribution >= 4 is 21.9 Å². The van der Waals surface area contributed by atoms with Crippen LogP contribution in [0.5, 0.6) is 0 Å². The maximum atomic E-state index is 12.6. The molecule has 0 atom stereocenters. The van der Waals surface area contributed by atoms with Crippen LogP contribution in [0, 0.1) is 0 Å². The SMILES string of the molecule is FC(F)(F)c1ccc2ncc3ccoc3c2c1. The Morgan fingerprint density at radius 1 is 1.12 bits per heavy atom. The molecule has 0 saturated heterocycles. The standard InChI is InChI=1S/C12H6F3NO/c13-12(14,15)8-1-2-10-9(5-8)11-7(6-16-10)3-4-17-11/h1-6H. The third-order valence-corrected chi connectivity index (χ3v) is 2.61. The Morgan fingerprint density at radius 2 is 1.94 bits per heavy atom. The zero-order chi connectivity index (χ0) is 12.0. The van der Waals surface area contributed by atoms with Gasteiger partial charge in [-0.3, -0.25) is 4.98 Å². The molecule has 2 nitrogen and oxygen atoms in total. The van der Waals surface area contributed by atoms with Crippen molar-refractivity contribution in [1.29, 1.82) is 0 Å². The second kappa shape index (κ2) is 3.23. The molecule has 86 valence electrons. The molecule has 0 N–H and O–H groups in total. The molecule has 0 aliphatic heterocycles. The van der Waals surface area contributed by atoms with E-state index < -0.39 is 11.7 Å². The minimum absolute atomic E-state index is 0.377. The van der Waals surface area contributed by atoms with Gasteiger partial charge in [-0.25, -0.2) is 0 Å². The number of fused-ring (bicyclic) bond motifs is 3. The molecule has 17 heavy (non-hydrogen) atoms. The smallest absolute Gasteiger partial charge is 0.416 e. The van der Waals surface area contributed by atoms with E-state index in [0.717, 1.165) is 12.1 Å². The monoisotopic (exact) mass is 237 g/mol. The van der Waals surface area contributed by atoms with Crippen LogP contribution in [0.15, 0.2) is 41.1 Å². The minimum atomic E-state index is -4.36. The predicted molar refractivity (Wildman–Crippen MR) is 56.5 cm³/mol. The van der Waals surface area contributed by atoms with Crippen molar-refractivity contribution in [2.75, 3.05) is 0 Å². The van der Waals surface area contributed by atoms with Gasteiger partial charge in [-0.2, -0.15) is 13.2 Å². The molecule has 2 aromatic heterocycles. The van der Waals surface area contributed by atoms with Crippen molar-refractivity contribution < 1.29 is 17.6 Å². The summed E-state index contributed by atoms with van der Waals surface area (Å²) in [4.78, 5) is 4.08. The summed E-state index contributed by atoms with van der Waals surface area (Å²) in [6.07, 6.45) is -1.34. The van der Waals surface area contributed by atoms with Gasteiger partial charge < -0.3 is 4.42 Å². The van der Waals surface area contributed by atoms with Crippen LogP contribution >= 0.6 is 0 Å². The molecule has 0 fully saturated rings. The van der Waals surface area contributed by atoms with E-state index in [1.165, 1.54) is 12.3 Å². The maximum Gasteiger partial charge on any atom is 0.416 e. The number of nitrogens with zero attached hydrogens (tertiary/aromatic N) is 1. The van der Waals surface area contributed by atoms with Crippen molar-refractivity contribution in [3.63, 3.8) is 0 Å². The minimum Gasteiger partial charge on any atom is -0.464 e. The first-order valence-corrected chi connectivity index (χ1v) is 4.89. The molecule has 5 heteroatoms. The number of pyridine rings is 1. The fourth-order valence-electron chi connectivity index (χ4n) is 1.79. The maximum absolute atomic E-state index is 12.6. The number of benzene rings is 1. The summed E-state index contributed by atoms with van der Waals surface area (Å²) >= 11 is 0. The van der Waals surface area contributed by atoms with E-state index in [1.807, 2.05) is 0 Å². The normalized spacial score (nSPS) is 12.4. The zero-order valence-corrected chi connectivity index (χ0v) is 8.45. The van der Waals surface area contributed by atoms with Crippen molar-refractivity contribution in [2.24, 2.45) is 0 Å². The molecule has 1 aromatic carbocycles. The van der Waals surface area contributed by atoms with E-state index in [-0.39, 0.29) is 0 Å². The van der Waals surface area contributed by atoms with Gasteiger partial charge in [0.25, 0.3) is 0 Å². The van der Waals surface area contributed by atoms with Crippen molar-refractivity contribution in [1.82, 2.24) is 4.98 Å². The molecule has 0 aliphatic rings. The molecule has 2 heterocycles. The highest BCUT2D eigenvalue weighted by atomic mass is 19.4. The second-order valence-corrected chi connectivity index (χ2v) is 3.69. The third kappa shape index (κ3) is 1.54. The Hall–Kier alpha value is -2.04. The summed E-state index contributed by atoms with van der Waals surface area (Å²) in [6.45, 7) is 0. The van der Waals surface area contributed by atoms with Gasteiger partial charge in [0.2, 0.25) is 0 Å². The summed E-state index contributed by atoms with van der Waals surface area (Å²) in [5, 5.41) is 1.07. The molecule has 3 rings (SSSR count). The van der Waals surface area contributed by atoms with Gasteiger partial charge in [-0.05, 0) is 24.3 Å². The number of rotatable bonds is 0. The van der Waals surface area contributed by atoms with Gasteiger partial charge in [-0.15, -0.1) is 0 Å². The van der Waals surface area contributed by atoms with Crippen LogP contribution < -0.4 is 0 Å². The van der Waals surface area contributed by atoms with E-state index in [4.69, 9.17) is 4.42 Å². The average Bonchev–Trinajstić information content (AvgIpc) is 2.75. The Balaban J connectivity index is 2.40. The molecule has 0 spiro atoms. The topological polar surface area (TPSA) is 26.0 Å². The van der Waals surface area contributed by atoms with Crippen LogP contribution in [0.2, 0.25) is 0 Å². The molecule has 0 amide bonds. The molecule has 3 aromatic rings. The Bertz CT molecular complexity index is 700. The van der Waals surface area contributed by atoms with E-state index in [2.05, 4.69) is 4.98 Å². The summed E-state index contributed by atoms with van der Waals surface area (Å²) in [7, 11) is 0. The molecule has 0 aliphatic carbocycles. The zero-order valence-electron chi connectivity index (χ0n) is 8.45. The molecule has 0 radical (unpaired) electrons. The Labute approximate surface area is 93.7 Å². The van der Waals surface area contributed by atoms with Crippen LogP contribution in [-0.2, 0) is 6.18 Å². The number of furan rings is 1. The Morgan fingerprint density at radius 3 is 2.71 bits per heavy atom. The third-order valence-electron chi connectivity index (χ3n) is 2.61. The fraction of sp³-hybridized carbons (Fsp3) is 0.0833. The predicted octanol–water partition coefficient (Wildman–Crippen LogP) is 4.00.